The lowest BCUT2D eigenvalue weighted by molar-refractivity contribution is -0.149. The van der Waals surface area contributed by atoms with Crippen LogP contribution in [0.25, 0.3) is 0 Å². The molecule has 0 saturated carbocycles. The van der Waals surface area contributed by atoms with Gasteiger partial charge >= 0.3 is 17.9 Å². The lowest BCUT2D eigenvalue weighted by Crippen LogP contribution is -2.50. The highest BCUT2D eigenvalue weighted by atomic mass is 16.6. The Balaban J connectivity index is 1.68. The number of carbonyl (C=O) groups is 3. The summed E-state index contributed by atoms with van der Waals surface area (Å²) in [4.78, 5) is 38.2. The van der Waals surface area contributed by atoms with Crippen LogP contribution in [0.15, 0.2) is 47.7 Å². The van der Waals surface area contributed by atoms with Gasteiger partial charge in [0.05, 0.1) is 33.0 Å². The lowest BCUT2D eigenvalue weighted by atomic mass is 9.78. The first-order valence-corrected chi connectivity index (χ1v) is 11.0. The third-order valence-corrected chi connectivity index (χ3v) is 6.07. The van der Waals surface area contributed by atoms with E-state index in [0.29, 0.717) is 23.7 Å². The Morgan fingerprint density at radius 2 is 1.94 bits per heavy atom. The molecule has 1 saturated heterocycles. The van der Waals surface area contributed by atoms with Crippen LogP contribution in [0.3, 0.4) is 0 Å². The molecule has 0 bridgehead atoms. The average molecular weight is 446 g/mol. The van der Waals surface area contributed by atoms with Gasteiger partial charge in [0.1, 0.15) is 5.76 Å². The van der Waals surface area contributed by atoms with Gasteiger partial charge < -0.3 is 18.9 Å². The number of rotatable bonds is 8. The van der Waals surface area contributed by atoms with Gasteiger partial charge in [0.25, 0.3) is 0 Å². The van der Waals surface area contributed by atoms with Crippen LogP contribution in [0.4, 0.5) is 0 Å². The first-order valence-electron chi connectivity index (χ1n) is 11.0. The Bertz CT molecular complexity index is 870. The van der Waals surface area contributed by atoms with Gasteiger partial charge in [-0.15, -0.1) is 0 Å². The molecule has 174 valence electrons. The quantitative estimate of drug-likeness (QED) is 0.416. The molecule has 0 aromatic rings. The van der Waals surface area contributed by atoms with Gasteiger partial charge in [0.15, 0.2) is 11.5 Å². The summed E-state index contributed by atoms with van der Waals surface area (Å²) in [6.07, 6.45) is 10.3. The molecule has 4 atom stereocenters. The highest BCUT2D eigenvalue weighted by molar-refractivity contribution is 5.78. The zero-order chi connectivity index (χ0) is 23.3. The van der Waals surface area contributed by atoms with Crippen molar-refractivity contribution in [3.8, 4) is 0 Å². The number of carbonyl (C=O) groups excluding carboxylic acids is 3. The Morgan fingerprint density at radius 3 is 2.66 bits per heavy atom. The fraction of sp³-hybridized carbons (Fsp3) is 0.542. The van der Waals surface area contributed by atoms with Crippen molar-refractivity contribution in [2.24, 2.45) is 11.8 Å². The van der Waals surface area contributed by atoms with Crippen LogP contribution in [0.2, 0.25) is 0 Å². The van der Waals surface area contributed by atoms with Gasteiger partial charge in [-0.25, -0.2) is 0 Å². The molecule has 1 heterocycles. The van der Waals surface area contributed by atoms with Gasteiger partial charge in [-0.1, -0.05) is 25.2 Å². The first-order chi connectivity index (χ1) is 15.3. The van der Waals surface area contributed by atoms with Gasteiger partial charge in [-0.3, -0.25) is 19.3 Å². The topological polar surface area (TPSA) is 91.4 Å². The number of likely N-dealkylation sites (N-methyl/N-ethyl adjacent to an activating group) is 1. The molecular formula is C24H31NO7. The standard InChI is InChI=1S/C24H31NO7/c1-5-30-21(26)11-12-22(27)32-20-13-16(9-10-18(20)29-4)25(3)17-14-23(28)31-19-8-6-7-15(2)24(17)19/h6-10,15-17,24H,5,11-14H2,1-4H3. The number of hydrogen-bond donors (Lipinski definition) is 0. The molecular weight excluding hydrogens is 414 g/mol. The fourth-order valence-corrected chi connectivity index (χ4v) is 4.40. The van der Waals surface area contributed by atoms with Crippen LogP contribution in [0.5, 0.6) is 0 Å². The SMILES string of the molecule is CCOC(=O)CCC(=O)OC1=C(OC)C=CC(N(C)C2CC(=O)OC3=CC=CC(C)C32)C1. The molecule has 4 unspecified atom stereocenters. The van der Waals surface area contributed by atoms with Crippen molar-refractivity contribution in [3.63, 3.8) is 0 Å². The van der Waals surface area contributed by atoms with Crippen LogP contribution in [-0.2, 0) is 33.3 Å². The van der Waals surface area contributed by atoms with Crippen molar-refractivity contribution in [1.82, 2.24) is 4.90 Å². The summed E-state index contributed by atoms with van der Waals surface area (Å²) in [7, 11) is 3.49. The van der Waals surface area contributed by atoms with Crippen LogP contribution in [-0.4, -0.2) is 55.7 Å². The molecule has 3 aliphatic rings. The number of fused-ring (bicyclic) bond motifs is 1. The molecule has 1 fully saturated rings. The van der Waals surface area contributed by atoms with Gasteiger partial charge in [0.2, 0.25) is 0 Å². The summed E-state index contributed by atoms with van der Waals surface area (Å²) in [5, 5.41) is 0. The Kier molecular flexibility index (Phi) is 7.90. The molecule has 2 aliphatic carbocycles. The predicted octanol–water partition coefficient (Wildman–Crippen LogP) is 3.01. The normalized spacial score (nSPS) is 26.9. The van der Waals surface area contributed by atoms with Crippen LogP contribution in [0, 0.1) is 11.8 Å². The van der Waals surface area contributed by atoms with Crippen LogP contribution in [0.1, 0.15) is 39.5 Å². The molecule has 32 heavy (non-hydrogen) atoms. The van der Waals surface area contributed by atoms with Gasteiger partial charge in [-0.2, -0.15) is 0 Å². The maximum absolute atomic E-state index is 12.3. The average Bonchev–Trinajstić information content (AvgIpc) is 2.77. The lowest BCUT2D eigenvalue weighted by Gasteiger charge is -2.44. The van der Waals surface area contributed by atoms with Crippen molar-refractivity contribution < 1.29 is 33.3 Å². The number of esters is 3. The van der Waals surface area contributed by atoms with Crippen molar-refractivity contribution in [2.45, 2.75) is 51.6 Å². The predicted molar refractivity (Wildman–Crippen MR) is 116 cm³/mol. The van der Waals surface area contributed by atoms with E-state index in [4.69, 9.17) is 18.9 Å². The molecule has 0 aromatic carbocycles. The second kappa shape index (κ2) is 10.6. The summed E-state index contributed by atoms with van der Waals surface area (Å²) < 4.78 is 21.3. The van der Waals surface area contributed by atoms with E-state index < -0.39 is 11.9 Å². The van der Waals surface area contributed by atoms with E-state index in [1.807, 2.05) is 25.3 Å². The van der Waals surface area contributed by atoms with E-state index >= 15 is 0 Å². The minimum atomic E-state index is -0.517. The van der Waals surface area contributed by atoms with Crippen molar-refractivity contribution in [3.05, 3.63) is 47.7 Å². The zero-order valence-corrected chi connectivity index (χ0v) is 19.0. The third-order valence-electron chi connectivity index (χ3n) is 6.07. The van der Waals surface area contributed by atoms with Crippen molar-refractivity contribution in [1.29, 1.82) is 0 Å². The number of methoxy groups -OCH3 is 1. The minimum Gasteiger partial charge on any atom is -0.493 e. The Labute approximate surface area is 188 Å². The van der Waals surface area contributed by atoms with E-state index in [9.17, 15) is 14.4 Å². The second-order valence-electron chi connectivity index (χ2n) is 8.15. The summed E-state index contributed by atoms with van der Waals surface area (Å²) in [5.74, 6) is 0.681. The van der Waals surface area contributed by atoms with Gasteiger partial charge in [0, 0.05) is 24.4 Å². The van der Waals surface area contributed by atoms with E-state index in [-0.39, 0.29) is 55.8 Å². The zero-order valence-electron chi connectivity index (χ0n) is 19.0. The molecule has 0 aromatic heterocycles. The molecule has 0 radical (unpaired) electrons. The highest BCUT2D eigenvalue weighted by Gasteiger charge is 2.42. The number of hydrogen-bond acceptors (Lipinski definition) is 8. The third kappa shape index (κ3) is 5.48. The van der Waals surface area contributed by atoms with Crippen LogP contribution < -0.4 is 0 Å². The van der Waals surface area contributed by atoms with Crippen molar-refractivity contribution >= 4 is 17.9 Å². The molecule has 3 rings (SSSR count). The molecule has 0 N–H and O–H groups in total. The number of nitrogens with zero attached hydrogens (tertiary/aromatic N) is 1. The minimum absolute atomic E-state index is 0.0339. The molecule has 0 spiro atoms. The number of allylic oxidation sites excluding steroid dienone is 4. The monoisotopic (exact) mass is 445 g/mol. The number of ether oxygens (including phenoxy) is 4. The largest absolute Gasteiger partial charge is 0.493 e. The van der Waals surface area contributed by atoms with Gasteiger partial charge in [-0.05, 0) is 32.0 Å². The molecule has 8 heteroatoms. The van der Waals surface area contributed by atoms with E-state index in [1.54, 1.807) is 13.0 Å². The molecule has 0 amide bonds. The second-order valence-corrected chi connectivity index (χ2v) is 8.15. The van der Waals surface area contributed by atoms with Crippen molar-refractivity contribution in [2.75, 3.05) is 20.8 Å². The fourth-order valence-electron chi connectivity index (χ4n) is 4.40. The summed E-state index contributed by atoms with van der Waals surface area (Å²) >= 11 is 0. The van der Waals surface area contributed by atoms with Crippen LogP contribution >= 0.6 is 0 Å². The maximum Gasteiger partial charge on any atom is 0.312 e. The van der Waals surface area contributed by atoms with E-state index in [1.165, 1.54) is 7.11 Å². The van der Waals surface area contributed by atoms with E-state index in [2.05, 4.69) is 17.9 Å². The molecule has 1 aliphatic heterocycles. The Hall–Kier alpha value is -2.87. The summed E-state index contributed by atoms with van der Waals surface area (Å²) in [6.45, 7) is 4.10. The Morgan fingerprint density at radius 1 is 1.19 bits per heavy atom. The summed E-state index contributed by atoms with van der Waals surface area (Å²) in [5.41, 5.74) is 0. The maximum atomic E-state index is 12.3. The summed E-state index contributed by atoms with van der Waals surface area (Å²) in [6, 6.07) is -0.154. The van der Waals surface area contributed by atoms with E-state index in [0.717, 1.165) is 0 Å². The first kappa shape index (κ1) is 23.8. The molecule has 8 nitrogen and oxygen atoms in total. The smallest absolute Gasteiger partial charge is 0.312 e. The highest BCUT2D eigenvalue weighted by Crippen LogP contribution is 2.39.